The Kier molecular flexibility index (Phi) is 4.76. The van der Waals surface area contributed by atoms with Crippen LogP contribution in [-0.2, 0) is 9.53 Å². The summed E-state index contributed by atoms with van der Waals surface area (Å²) in [5.41, 5.74) is 0. The van der Waals surface area contributed by atoms with Crippen LogP contribution in [0.4, 0.5) is 0 Å². The van der Waals surface area contributed by atoms with Crippen molar-refractivity contribution in [3.05, 3.63) is 0 Å². The Hall–Kier alpha value is -0.650. The third kappa shape index (κ3) is 3.94. The molecule has 0 aromatic heterocycles. The number of rotatable bonds is 5. The van der Waals surface area contributed by atoms with Crippen molar-refractivity contribution in [2.45, 2.75) is 25.3 Å². The highest BCUT2D eigenvalue weighted by Gasteiger charge is 2.27. The van der Waals surface area contributed by atoms with E-state index < -0.39 is 5.97 Å². The molecule has 98 valence electrons. The molecule has 0 unspecified atom stereocenters. The second-order valence-electron chi connectivity index (χ2n) is 4.89. The van der Waals surface area contributed by atoms with Crippen LogP contribution in [-0.4, -0.2) is 72.9 Å². The fraction of sp³-hybridized carbons (Fsp3) is 0.917. The Morgan fingerprint density at radius 2 is 2.06 bits per heavy atom. The van der Waals surface area contributed by atoms with Gasteiger partial charge in [0.05, 0.1) is 19.6 Å². The van der Waals surface area contributed by atoms with Gasteiger partial charge >= 0.3 is 5.97 Å². The standard InChI is InChI=1S/C12H22N2O3/c15-12(16)3-5-14-4-1-2-11(14)10-13-6-8-17-9-7-13/h11H,1-10H2,(H,15,16)/t11-/m1/s1. The molecule has 17 heavy (non-hydrogen) atoms. The van der Waals surface area contributed by atoms with Gasteiger partial charge in [-0.3, -0.25) is 14.6 Å². The van der Waals surface area contributed by atoms with Gasteiger partial charge in [0.2, 0.25) is 0 Å². The maximum Gasteiger partial charge on any atom is 0.304 e. The van der Waals surface area contributed by atoms with Gasteiger partial charge in [-0.15, -0.1) is 0 Å². The van der Waals surface area contributed by atoms with Gasteiger partial charge in [0.15, 0.2) is 0 Å². The van der Waals surface area contributed by atoms with Gasteiger partial charge in [0.1, 0.15) is 0 Å². The molecule has 2 heterocycles. The van der Waals surface area contributed by atoms with Crippen molar-refractivity contribution in [2.75, 3.05) is 45.9 Å². The summed E-state index contributed by atoms with van der Waals surface area (Å²) < 4.78 is 5.34. The van der Waals surface area contributed by atoms with Crippen LogP contribution in [0.3, 0.4) is 0 Å². The van der Waals surface area contributed by atoms with E-state index in [1.165, 1.54) is 12.8 Å². The van der Waals surface area contributed by atoms with Gasteiger partial charge in [0.25, 0.3) is 0 Å². The molecule has 1 atom stereocenters. The first-order valence-electron chi connectivity index (χ1n) is 6.51. The lowest BCUT2D eigenvalue weighted by Crippen LogP contribution is -2.45. The highest BCUT2D eigenvalue weighted by atomic mass is 16.5. The average molecular weight is 242 g/mol. The fourth-order valence-corrected chi connectivity index (χ4v) is 2.72. The smallest absolute Gasteiger partial charge is 0.304 e. The second-order valence-corrected chi connectivity index (χ2v) is 4.89. The van der Waals surface area contributed by atoms with Gasteiger partial charge in [-0.1, -0.05) is 0 Å². The summed E-state index contributed by atoms with van der Waals surface area (Å²) in [6, 6.07) is 0.549. The minimum absolute atomic E-state index is 0.264. The van der Waals surface area contributed by atoms with E-state index in [9.17, 15) is 4.79 Å². The quantitative estimate of drug-likeness (QED) is 0.749. The van der Waals surface area contributed by atoms with Crippen molar-refractivity contribution in [3.8, 4) is 0 Å². The lowest BCUT2D eigenvalue weighted by molar-refractivity contribution is -0.137. The normalized spacial score (nSPS) is 27.4. The highest BCUT2D eigenvalue weighted by Crippen LogP contribution is 2.18. The molecule has 2 aliphatic heterocycles. The van der Waals surface area contributed by atoms with Crippen molar-refractivity contribution in [3.63, 3.8) is 0 Å². The lowest BCUT2D eigenvalue weighted by Gasteiger charge is -2.32. The Labute approximate surface area is 102 Å². The summed E-state index contributed by atoms with van der Waals surface area (Å²) >= 11 is 0. The number of likely N-dealkylation sites (tertiary alicyclic amines) is 1. The molecule has 2 rings (SSSR count). The molecule has 0 bridgehead atoms. The molecule has 0 spiro atoms. The monoisotopic (exact) mass is 242 g/mol. The topological polar surface area (TPSA) is 53.0 Å². The van der Waals surface area contributed by atoms with Crippen LogP contribution in [0.15, 0.2) is 0 Å². The second kappa shape index (κ2) is 6.33. The largest absolute Gasteiger partial charge is 0.481 e. The highest BCUT2D eigenvalue weighted by molar-refractivity contribution is 5.66. The summed E-state index contributed by atoms with van der Waals surface area (Å²) in [6.07, 6.45) is 2.67. The molecule has 5 heteroatoms. The number of ether oxygens (including phenoxy) is 1. The third-order valence-electron chi connectivity index (χ3n) is 3.68. The molecule has 0 saturated carbocycles. The molecule has 2 saturated heterocycles. The molecular formula is C12H22N2O3. The van der Waals surface area contributed by atoms with Gasteiger partial charge in [-0.2, -0.15) is 0 Å². The zero-order chi connectivity index (χ0) is 12.1. The Balaban J connectivity index is 1.75. The van der Waals surface area contributed by atoms with E-state index in [0.29, 0.717) is 12.6 Å². The number of aliphatic carboxylic acids is 1. The predicted octanol–water partition coefficient (Wildman–Crippen LogP) is 0.258. The number of carboxylic acid groups (broad SMARTS) is 1. The van der Waals surface area contributed by atoms with Crippen LogP contribution in [0.25, 0.3) is 0 Å². The lowest BCUT2D eigenvalue weighted by atomic mass is 10.2. The van der Waals surface area contributed by atoms with E-state index in [4.69, 9.17) is 9.84 Å². The molecule has 5 nitrogen and oxygen atoms in total. The van der Waals surface area contributed by atoms with Crippen molar-refractivity contribution in [2.24, 2.45) is 0 Å². The van der Waals surface area contributed by atoms with E-state index in [0.717, 1.165) is 39.4 Å². The SMILES string of the molecule is O=C(O)CCN1CCC[C@@H]1CN1CCOCC1. The van der Waals surface area contributed by atoms with E-state index in [1.54, 1.807) is 0 Å². The fourth-order valence-electron chi connectivity index (χ4n) is 2.72. The number of hydrogen-bond acceptors (Lipinski definition) is 4. The first-order chi connectivity index (χ1) is 8.25. The van der Waals surface area contributed by atoms with Crippen LogP contribution in [0.1, 0.15) is 19.3 Å². The van der Waals surface area contributed by atoms with E-state index in [1.807, 2.05) is 0 Å². The number of carbonyl (C=O) groups is 1. The summed E-state index contributed by atoms with van der Waals surface area (Å²) in [5.74, 6) is -0.693. The van der Waals surface area contributed by atoms with Crippen LogP contribution in [0.5, 0.6) is 0 Å². The summed E-state index contributed by atoms with van der Waals surface area (Å²) in [4.78, 5) is 15.4. The predicted molar refractivity (Wildman–Crippen MR) is 64.1 cm³/mol. The summed E-state index contributed by atoms with van der Waals surface area (Å²) in [6.45, 7) is 6.53. The molecule has 0 aliphatic carbocycles. The molecule has 0 aromatic carbocycles. The summed E-state index contributed by atoms with van der Waals surface area (Å²) in [5, 5.41) is 8.73. The summed E-state index contributed by atoms with van der Waals surface area (Å²) in [7, 11) is 0. The van der Waals surface area contributed by atoms with Crippen LogP contribution in [0.2, 0.25) is 0 Å². The van der Waals surface area contributed by atoms with Gasteiger partial charge in [0, 0.05) is 32.2 Å². The minimum Gasteiger partial charge on any atom is -0.481 e. The Morgan fingerprint density at radius 3 is 2.76 bits per heavy atom. The van der Waals surface area contributed by atoms with Crippen LogP contribution in [0, 0.1) is 0 Å². The van der Waals surface area contributed by atoms with Crippen molar-refractivity contribution in [1.82, 2.24) is 9.80 Å². The number of morpholine rings is 1. The van der Waals surface area contributed by atoms with Gasteiger partial charge in [-0.05, 0) is 19.4 Å². The molecule has 0 amide bonds. The number of hydrogen-bond donors (Lipinski definition) is 1. The first-order valence-corrected chi connectivity index (χ1v) is 6.51. The van der Waals surface area contributed by atoms with Crippen LogP contribution < -0.4 is 0 Å². The van der Waals surface area contributed by atoms with E-state index >= 15 is 0 Å². The molecule has 2 fully saturated rings. The number of carboxylic acids is 1. The van der Waals surface area contributed by atoms with E-state index in [-0.39, 0.29) is 6.42 Å². The van der Waals surface area contributed by atoms with Crippen molar-refractivity contribution < 1.29 is 14.6 Å². The van der Waals surface area contributed by atoms with E-state index in [2.05, 4.69) is 9.80 Å². The minimum atomic E-state index is -0.693. The zero-order valence-electron chi connectivity index (χ0n) is 10.3. The molecule has 0 aromatic rings. The Morgan fingerprint density at radius 1 is 1.29 bits per heavy atom. The average Bonchev–Trinajstić information content (AvgIpc) is 2.75. The molecular weight excluding hydrogens is 220 g/mol. The third-order valence-corrected chi connectivity index (χ3v) is 3.68. The first kappa shape index (κ1) is 12.8. The zero-order valence-corrected chi connectivity index (χ0v) is 10.3. The van der Waals surface area contributed by atoms with Gasteiger partial charge in [-0.25, -0.2) is 0 Å². The van der Waals surface area contributed by atoms with Gasteiger partial charge < -0.3 is 9.84 Å². The maximum absolute atomic E-state index is 10.6. The maximum atomic E-state index is 10.6. The van der Waals surface area contributed by atoms with Crippen molar-refractivity contribution in [1.29, 1.82) is 0 Å². The molecule has 1 N–H and O–H groups in total. The Bertz CT molecular complexity index is 254. The van der Waals surface area contributed by atoms with Crippen LogP contribution >= 0.6 is 0 Å². The molecule has 0 radical (unpaired) electrons. The van der Waals surface area contributed by atoms with Crippen molar-refractivity contribution >= 4 is 5.97 Å². The number of nitrogens with zero attached hydrogens (tertiary/aromatic N) is 2. The molecule has 2 aliphatic rings.